The molecule has 0 saturated carbocycles. The highest BCUT2D eigenvalue weighted by Crippen LogP contribution is 2.11. The maximum atomic E-state index is 11.8. The average Bonchev–Trinajstić information content (AvgIpc) is 2.54. The first-order valence-corrected chi connectivity index (χ1v) is 7.30. The molecule has 0 heterocycles. The fraction of sp³-hybridized carbons (Fsp3) is 0.100. The Morgan fingerprint density at radius 1 is 0.826 bits per heavy atom. The van der Waals surface area contributed by atoms with E-state index in [2.05, 4.69) is 0 Å². The van der Waals surface area contributed by atoms with Gasteiger partial charge in [0.15, 0.2) is 11.6 Å². The Morgan fingerprint density at radius 3 is 1.74 bits per heavy atom. The van der Waals surface area contributed by atoms with Gasteiger partial charge in [-0.2, -0.15) is 0 Å². The second-order valence-corrected chi connectivity index (χ2v) is 5.28. The molecular formula is C20H18O3. The summed E-state index contributed by atoms with van der Waals surface area (Å²) in [5.41, 5.74) is 2.87. The molecule has 0 fully saturated rings. The van der Waals surface area contributed by atoms with Gasteiger partial charge in [0.25, 0.3) is 0 Å². The lowest BCUT2D eigenvalue weighted by atomic mass is 10.1. The van der Waals surface area contributed by atoms with Crippen LogP contribution < -0.4 is 0 Å². The number of phenols is 1. The monoisotopic (exact) mass is 306 g/mol. The number of carbonyl (C=O) groups is 2. The zero-order valence-corrected chi connectivity index (χ0v) is 12.9. The number of benzene rings is 2. The van der Waals surface area contributed by atoms with Crippen LogP contribution >= 0.6 is 0 Å². The van der Waals surface area contributed by atoms with Crippen molar-refractivity contribution in [3.8, 4) is 5.75 Å². The van der Waals surface area contributed by atoms with Crippen LogP contribution in [0.4, 0.5) is 0 Å². The molecule has 0 bridgehead atoms. The third-order valence-corrected chi connectivity index (χ3v) is 3.24. The minimum absolute atomic E-state index is 0.156. The van der Waals surface area contributed by atoms with Crippen molar-refractivity contribution in [2.24, 2.45) is 0 Å². The van der Waals surface area contributed by atoms with Crippen LogP contribution in [0.3, 0.4) is 0 Å². The van der Waals surface area contributed by atoms with Crippen LogP contribution in [0, 0.1) is 6.92 Å². The molecule has 0 amide bonds. The van der Waals surface area contributed by atoms with Crippen molar-refractivity contribution in [3.63, 3.8) is 0 Å². The zero-order chi connectivity index (χ0) is 16.7. The van der Waals surface area contributed by atoms with Crippen LogP contribution in [0.25, 0.3) is 12.2 Å². The van der Waals surface area contributed by atoms with Gasteiger partial charge in [-0.05, 0) is 42.3 Å². The number of ketones is 2. The number of allylic oxidation sites excluding steroid dienone is 2. The number of aryl methyl sites for hydroxylation is 1. The Bertz CT molecular complexity index is 670. The summed E-state index contributed by atoms with van der Waals surface area (Å²) in [6.45, 7) is 2.00. The highest BCUT2D eigenvalue weighted by atomic mass is 16.3. The Kier molecular flexibility index (Phi) is 5.64. The van der Waals surface area contributed by atoms with E-state index in [-0.39, 0.29) is 23.7 Å². The first kappa shape index (κ1) is 16.4. The third-order valence-electron chi connectivity index (χ3n) is 3.24. The quantitative estimate of drug-likeness (QED) is 0.649. The lowest BCUT2D eigenvalue weighted by molar-refractivity contribution is -0.121. The van der Waals surface area contributed by atoms with Crippen LogP contribution in [0.1, 0.15) is 23.1 Å². The maximum absolute atomic E-state index is 11.8. The van der Waals surface area contributed by atoms with Gasteiger partial charge in [-0.25, -0.2) is 0 Å². The van der Waals surface area contributed by atoms with Gasteiger partial charge in [-0.15, -0.1) is 0 Å². The first-order valence-electron chi connectivity index (χ1n) is 7.30. The second kappa shape index (κ2) is 7.90. The van der Waals surface area contributed by atoms with Crippen molar-refractivity contribution in [1.29, 1.82) is 0 Å². The highest BCUT2D eigenvalue weighted by molar-refractivity contribution is 6.10. The lowest BCUT2D eigenvalue weighted by Gasteiger charge is -1.95. The summed E-state index contributed by atoms with van der Waals surface area (Å²) >= 11 is 0. The number of hydrogen-bond donors (Lipinski definition) is 1. The number of phenolic OH excluding ortho intramolecular Hbond substituents is 1. The Labute approximate surface area is 135 Å². The summed E-state index contributed by atoms with van der Waals surface area (Å²) in [4.78, 5) is 23.5. The fourth-order valence-corrected chi connectivity index (χ4v) is 1.93. The van der Waals surface area contributed by atoms with E-state index in [1.807, 2.05) is 31.2 Å². The summed E-state index contributed by atoms with van der Waals surface area (Å²) in [5.74, 6) is -0.313. The molecule has 0 atom stereocenters. The normalized spacial score (nSPS) is 11.2. The molecule has 116 valence electrons. The van der Waals surface area contributed by atoms with E-state index < -0.39 is 0 Å². The summed E-state index contributed by atoms with van der Waals surface area (Å²) < 4.78 is 0. The van der Waals surface area contributed by atoms with Crippen molar-refractivity contribution in [1.82, 2.24) is 0 Å². The molecule has 3 heteroatoms. The number of aromatic hydroxyl groups is 1. The molecule has 0 radical (unpaired) electrons. The van der Waals surface area contributed by atoms with E-state index in [1.54, 1.807) is 36.4 Å². The largest absolute Gasteiger partial charge is 0.508 e. The fourth-order valence-electron chi connectivity index (χ4n) is 1.93. The van der Waals surface area contributed by atoms with Gasteiger partial charge in [-0.3, -0.25) is 9.59 Å². The van der Waals surface area contributed by atoms with Crippen LogP contribution in [-0.4, -0.2) is 16.7 Å². The van der Waals surface area contributed by atoms with Crippen LogP contribution in [0.2, 0.25) is 0 Å². The number of hydrogen-bond acceptors (Lipinski definition) is 3. The third kappa shape index (κ3) is 5.75. The molecular weight excluding hydrogens is 288 g/mol. The summed E-state index contributed by atoms with van der Waals surface area (Å²) in [6.07, 6.45) is 5.98. The standard InChI is InChI=1S/C20H18O3/c1-15-2-4-16(5-3-15)8-12-19(22)14-20(23)13-9-17-6-10-18(21)11-7-17/h2-13,21H,14H2,1H3/b12-8+,13-9+. The van der Waals surface area contributed by atoms with Gasteiger partial charge in [-0.1, -0.05) is 54.1 Å². The van der Waals surface area contributed by atoms with E-state index >= 15 is 0 Å². The topological polar surface area (TPSA) is 54.4 Å². The Balaban J connectivity index is 1.88. The Hall–Kier alpha value is -2.94. The van der Waals surface area contributed by atoms with Crippen LogP contribution in [0.15, 0.2) is 60.7 Å². The molecule has 2 rings (SSSR count). The molecule has 3 nitrogen and oxygen atoms in total. The summed E-state index contributed by atoms with van der Waals surface area (Å²) in [5, 5.41) is 9.18. The predicted octanol–water partition coefficient (Wildman–Crippen LogP) is 3.96. The van der Waals surface area contributed by atoms with E-state index in [1.165, 1.54) is 12.2 Å². The molecule has 1 N–H and O–H groups in total. The van der Waals surface area contributed by atoms with E-state index in [9.17, 15) is 14.7 Å². The van der Waals surface area contributed by atoms with Crippen molar-refractivity contribution in [2.45, 2.75) is 13.3 Å². The van der Waals surface area contributed by atoms with E-state index in [0.29, 0.717) is 0 Å². The van der Waals surface area contributed by atoms with Crippen molar-refractivity contribution >= 4 is 23.7 Å². The Morgan fingerprint density at radius 2 is 1.26 bits per heavy atom. The minimum atomic E-state index is -0.253. The van der Waals surface area contributed by atoms with E-state index in [0.717, 1.165) is 16.7 Å². The number of rotatable bonds is 6. The lowest BCUT2D eigenvalue weighted by Crippen LogP contribution is -2.01. The molecule has 2 aromatic carbocycles. The number of carbonyl (C=O) groups excluding carboxylic acids is 2. The minimum Gasteiger partial charge on any atom is -0.508 e. The molecule has 0 spiro atoms. The van der Waals surface area contributed by atoms with E-state index in [4.69, 9.17) is 0 Å². The molecule has 0 aliphatic carbocycles. The molecule has 0 aromatic heterocycles. The van der Waals surface area contributed by atoms with Gasteiger partial charge in [0.05, 0.1) is 6.42 Å². The zero-order valence-electron chi connectivity index (χ0n) is 12.9. The van der Waals surface area contributed by atoms with Gasteiger partial charge in [0.2, 0.25) is 0 Å². The molecule has 0 unspecified atom stereocenters. The maximum Gasteiger partial charge on any atom is 0.163 e. The SMILES string of the molecule is Cc1ccc(/C=C/C(=O)CC(=O)/C=C/c2ccc(O)cc2)cc1. The van der Waals surface area contributed by atoms with Crippen molar-refractivity contribution < 1.29 is 14.7 Å². The molecule has 0 aliphatic rings. The smallest absolute Gasteiger partial charge is 0.163 e. The highest BCUT2D eigenvalue weighted by Gasteiger charge is 2.03. The predicted molar refractivity (Wildman–Crippen MR) is 92.0 cm³/mol. The molecule has 23 heavy (non-hydrogen) atoms. The van der Waals surface area contributed by atoms with Crippen molar-refractivity contribution in [3.05, 3.63) is 77.4 Å². The molecule has 2 aromatic rings. The van der Waals surface area contributed by atoms with Crippen LogP contribution in [-0.2, 0) is 9.59 Å². The van der Waals surface area contributed by atoms with Gasteiger partial charge in [0.1, 0.15) is 5.75 Å². The summed E-state index contributed by atoms with van der Waals surface area (Å²) in [7, 11) is 0. The average molecular weight is 306 g/mol. The van der Waals surface area contributed by atoms with Crippen LogP contribution in [0.5, 0.6) is 5.75 Å². The van der Waals surface area contributed by atoms with Gasteiger partial charge in [0, 0.05) is 0 Å². The summed E-state index contributed by atoms with van der Waals surface area (Å²) in [6, 6.07) is 14.2. The van der Waals surface area contributed by atoms with Gasteiger partial charge >= 0.3 is 0 Å². The van der Waals surface area contributed by atoms with Crippen molar-refractivity contribution in [2.75, 3.05) is 0 Å². The van der Waals surface area contributed by atoms with Gasteiger partial charge < -0.3 is 5.11 Å². The molecule has 0 aliphatic heterocycles. The first-order chi connectivity index (χ1) is 11.0. The second-order valence-electron chi connectivity index (χ2n) is 5.28. The molecule has 0 saturated heterocycles.